The van der Waals surface area contributed by atoms with Gasteiger partial charge in [0.2, 0.25) is 5.90 Å². The van der Waals surface area contributed by atoms with E-state index in [4.69, 9.17) is 14.9 Å². The van der Waals surface area contributed by atoms with E-state index in [1.807, 2.05) is 55.5 Å². The van der Waals surface area contributed by atoms with Gasteiger partial charge in [0.05, 0.1) is 13.7 Å². The minimum Gasteiger partial charge on any atom is -0.494 e. The predicted molar refractivity (Wildman–Crippen MR) is 76.9 cm³/mol. The molecular formula is C16H17NO2. The molecule has 0 aromatic heterocycles. The SMILES string of the molecule is CCOc1ccc(-c2ccc(C(=N)OC)cc2)cc1. The van der Waals surface area contributed by atoms with E-state index < -0.39 is 0 Å². The number of hydrogen-bond donors (Lipinski definition) is 1. The van der Waals surface area contributed by atoms with Crippen LogP contribution in [0.2, 0.25) is 0 Å². The summed E-state index contributed by atoms with van der Waals surface area (Å²) >= 11 is 0. The second kappa shape index (κ2) is 6.05. The topological polar surface area (TPSA) is 42.3 Å². The number of hydrogen-bond acceptors (Lipinski definition) is 3. The van der Waals surface area contributed by atoms with E-state index >= 15 is 0 Å². The van der Waals surface area contributed by atoms with Crippen molar-refractivity contribution in [2.75, 3.05) is 13.7 Å². The Kier molecular flexibility index (Phi) is 4.18. The average Bonchev–Trinajstić information content (AvgIpc) is 2.48. The van der Waals surface area contributed by atoms with Crippen molar-refractivity contribution in [1.29, 1.82) is 5.41 Å². The summed E-state index contributed by atoms with van der Waals surface area (Å²) in [6.45, 7) is 2.64. The highest BCUT2D eigenvalue weighted by atomic mass is 16.5. The van der Waals surface area contributed by atoms with E-state index in [0.29, 0.717) is 6.61 Å². The lowest BCUT2D eigenvalue weighted by molar-refractivity contribution is 0.340. The zero-order valence-corrected chi connectivity index (χ0v) is 11.1. The van der Waals surface area contributed by atoms with Gasteiger partial charge in [-0.25, -0.2) is 0 Å². The highest BCUT2D eigenvalue weighted by molar-refractivity contribution is 5.92. The molecule has 1 N–H and O–H groups in total. The molecule has 0 amide bonds. The van der Waals surface area contributed by atoms with E-state index in [1.165, 1.54) is 7.11 Å². The number of benzene rings is 2. The van der Waals surface area contributed by atoms with Gasteiger partial charge in [0, 0.05) is 5.56 Å². The van der Waals surface area contributed by atoms with Crippen molar-refractivity contribution in [3.63, 3.8) is 0 Å². The highest BCUT2D eigenvalue weighted by Crippen LogP contribution is 2.23. The third-order valence-corrected chi connectivity index (χ3v) is 2.85. The fourth-order valence-corrected chi connectivity index (χ4v) is 1.84. The monoisotopic (exact) mass is 255 g/mol. The van der Waals surface area contributed by atoms with Crippen LogP contribution in [0.5, 0.6) is 5.75 Å². The first-order chi connectivity index (χ1) is 9.24. The molecule has 2 rings (SSSR count). The van der Waals surface area contributed by atoms with Crippen LogP contribution in [0, 0.1) is 5.41 Å². The summed E-state index contributed by atoms with van der Waals surface area (Å²) in [5, 5.41) is 7.59. The molecule has 2 aromatic carbocycles. The minimum atomic E-state index is 0.179. The molecule has 2 aromatic rings. The van der Waals surface area contributed by atoms with Crippen molar-refractivity contribution in [2.24, 2.45) is 0 Å². The molecule has 0 spiro atoms. The fourth-order valence-electron chi connectivity index (χ4n) is 1.84. The summed E-state index contributed by atoms with van der Waals surface area (Å²) < 4.78 is 10.3. The van der Waals surface area contributed by atoms with Gasteiger partial charge in [-0.3, -0.25) is 5.41 Å². The molecule has 0 heterocycles. The second-order valence-corrected chi connectivity index (χ2v) is 4.07. The summed E-state index contributed by atoms with van der Waals surface area (Å²) in [5.41, 5.74) is 3.01. The third-order valence-electron chi connectivity index (χ3n) is 2.85. The standard InChI is InChI=1S/C16H17NO2/c1-3-19-15-10-8-13(9-11-15)12-4-6-14(7-5-12)16(17)18-2/h4-11,17H,3H2,1-2H3. The Bertz CT molecular complexity index is 544. The number of methoxy groups -OCH3 is 1. The van der Waals surface area contributed by atoms with Gasteiger partial charge >= 0.3 is 0 Å². The lowest BCUT2D eigenvalue weighted by atomic mass is 10.0. The molecule has 0 aliphatic heterocycles. The van der Waals surface area contributed by atoms with Crippen LogP contribution in [0.25, 0.3) is 11.1 Å². The van der Waals surface area contributed by atoms with Crippen LogP contribution in [-0.4, -0.2) is 19.6 Å². The molecule has 19 heavy (non-hydrogen) atoms. The maximum atomic E-state index is 7.59. The van der Waals surface area contributed by atoms with Gasteiger partial charge in [-0.05, 0) is 42.3 Å². The molecule has 0 aliphatic carbocycles. The Labute approximate surface area is 113 Å². The molecule has 0 saturated carbocycles. The Morgan fingerprint density at radius 3 is 1.95 bits per heavy atom. The van der Waals surface area contributed by atoms with Crippen molar-refractivity contribution in [3.8, 4) is 16.9 Å². The third kappa shape index (κ3) is 3.13. The zero-order valence-electron chi connectivity index (χ0n) is 11.1. The van der Waals surface area contributed by atoms with Gasteiger partial charge in [-0.15, -0.1) is 0 Å². The molecule has 3 nitrogen and oxygen atoms in total. The van der Waals surface area contributed by atoms with E-state index in [2.05, 4.69) is 0 Å². The Morgan fingerprint density at radius 2 is 1.47 bits per heavy atom. The number of rotatable bonds is 4. The van der Waals surface area contributed by atoms with Gasteiger partial charge in [0.25, 0.3) is 0 Å². The first kappa shape index (κ1) is 13.1. The molecular weight excluding hydrogens is 238 g/mol. The Balaban J connectivity index is 2.19. The highest BCUT2D eigenvalue weighted by Gasteiger charge is 2.02. The number of ether oxygens (including phenoxy) is 2. The van der Waals surface area contributed by atoms with Crippen LogP contribution in [0.3, 0.4) is 0 Å². The maximum absolute atomic E-state index is 7.59. The first-order valence-electron chi connectivity index (χ1n) is 6.21. The molecule has 0 aliphatic rings. The lowest BCUT2D eigenvalue weighted by Crippen LogP contribution is -2.00. The maximum Gasteiger partial charge on any atom is 0.212 e. The zero-order chi connectivity index (χ0) is 13.7. The van der Waals surface area contributed by atoms with Gasteiger partial charge in [0.1, 0.15) is 5.75 Å². The second-order valence-electron chi connectivity index (χ2n) is 4.07. The molecule has 0 atom stereocenters. The average molecular weight is 255 g/mol. The summed E-state index contributed by atoms with van der Waals surface area (Å²) in [4.78, 5) is 0. The van der Waals surface area contributed by atoms with Crippen LogP contribution in [-0.2, 0) is 4.74 Å². The van der Waals surface area contributed by atoms with Crippen LogP contribution < -0.4 is 4.74 Å². The van der Waals surface area contributed by atoms with Crippen LogP contribution >= 0.6 is 0 Å². The van der Waals surface area contributed by atoms with E-state index in [1.54, 1.807) is 0 Å². The molecule has 0 fully saturated rings. The van der Waals surface area contributed by atoms with Gasteiger partial charge < -0.3 is 9.47 Å². The largest absolute Gasteiger partial charge is 0.494 e. The van der Waals surface area contributed by atoms with Crippen LogP contribution in [0.15, 0.2) is 48.5 Å². The summed E-state index contributed by atoms with van der Waals surface area (Å²) in [6, 6.07) is 15.7. The minimum absolute atomic E-state index is 0.179. The fraction of sp³-hybridized carbons (Fsp3) is 0.188. The van der Waals surface area contributed by atoms with Crippen LogP contribution in [0.1, 0.15) is 12.5 Å². The van der Waals surface area contributed by atoms with Crippen molar-refractivity contribution in [2.45, 2.75) is 6.92 Å². The van der Waals surface area contributed by atoms with Gasteiger partial charge in [-0.2, -0.15) is 0 Å². The lowest BCUT2D eigenvalue weighted by Gasteiger charge is -2.06. The van der Waals surface area contributed by atoms with Crippen molar-refractivity contribution >= 4 is 5.90 Å². The van der Waals surface area contributed by atoms with Gasteiger partial charge in [0.15, 0.2) is 0 Å². The normalized spacial score (nSPS) is 10.0. The first-order valence-corrected chi connectivity index (χ1v) is 6.21. The van der Waals surface area contributed by atoms with Crippen molar-refractivity contribution in [3.05, 3.63) is 54.1 Å². The molecule has 3 heteroatoms. The molecule has 0 saturated heterocycles. The summed E-state index contributed by atoms with van der Waals surface area (Å²) in [6.07, 6.45) is 0. The Morgan fingerprint density at radius 1 is 0.947 bits per heavy atom. The van der Waals surface area contributed by atoms with E-state index in [9.17, 15) is 0 Å². The van der Waals surface area contributed by atoms with E-state index in [-0.39, 0.29) is 5.90 Å². The molecule has 0 unspecified atom stereocenters. The summed E-state index contributed by atoms with van der Waals surface area (Å²) in [7, 11) is 1.50. The quantitative estimate of drug-likeness (QED) is 0.668. The van der Waals surface area contributed by atoms with Crippen LogP contribution in [0.4, 0.5) is 0 Å². The molecule has 0 radical (unpaired) electrons. The Hall–Kier alpha value is -2.29. The van der Waals surface area contributed by atoms with Crippen molar-refractivity contribution in [1.82, 2.24) is 0 Å². The smallest absolute Gasteiger partial charge is 0.212 e. The number of nitrogens with one attached hydrogen (secondary N) is 1. The van der Waals surface area contributed by atoms with Crippen molar-refractivity contribution < 1.29 is 9.47 Å². The molecule has 98 valence electrons. The molecule has 0 bridgehead atoms. The summed E-state index contributed by atoms with van der Waals surface area (Å²) in [5.74, 6) is 1.06. The van der Waals surface area contributed by atoms with Gasteiger partial charge in [-0.1, -0.05) is 24.3 Å². The van der Waals surface area contributed by atoms with E-state index in [0.717, 1.165) is 22.4 Å². The predicted octanol–water partition coefficient (Wildman–Crippen LogP) is 3.72.